The van der Waals surface area contributed by atoms with Gasteiger partial charge in [0.25, 0.3) is 11.1 Å². The van der Waals surface area contributed by atoms with E-state index in [-0.39, 0.29) is 23.0 Å². The van der Waals surface area contributed by atoms with Gasteiger partial charge in [0.1, 0.15) is 10.7 Å². The van der Waals surface area contributed by atoms with E-state index in [9.17, 15) is 9.59 Å². The van der Waals surface area contributed by atoms with Crippen LogP contribution in [-0.2, 0) is 6.54 Å². The Morgan fingerprint density at radius 1 is 0.926 bits per heavy atom. The highest BCUT2D eigenvalue weighted by atomic mass is 16.1. The first-order valence-electron chi connectivity index (χ1n) is 8.80. The van der Waals surface area contributed by atoms with E-state index in [4.69, 9.17) is 0 Å². The molecule has 0 atom stereocenters. The molecule has 0 saturated carbocycles. The molecule has 0 bridgehead atoms. The lowest BCUT2D eigenvalue weighted by atomic mass is 10.1. The summed E-state index contributed by atoms with van der Waals surface area (Å²) in [4.78, 5) is 28.5. The molecule has 136 valence electrons. The molecule has 3 rings (SSSR count). The zero-order valence-corrected chi connectivity index (χ0v) is 15.5. The van der Waals surface area contributed by atoms with E-state index in [0.29, 0.717) is 5.35 Å². The molecule has 2 aromatic carbocycles. The maximum Gasteiger partial charge on any atom is 0.275 e. The molecule has 27 heavy (non-hydrogen) atoms. The van der Waals surface area contributed by atoms with Crippen LogP contribution in [-0.4, -0.2) is 9.55 Å². The Morgan fingerprint density at radius 2 is 1.48 bits per heavy atom. The van der Waals surface area contributed by atoms with Crippen LogP contribution in [0.3, 0.4) is 0 Å². The summed E-state index contributed by atoms with van der Waals surface area (Å²) >= 11 is 0. The van der Waals surface area contributed by atoms with E-state index < -0.39 is 0 Å². The van der Waals surface area contributed by atoms with Crippen molar-refractivity contribution in [2.45, 2.75) is 20.4 Å². The third-order valence-electron chi connectivity index (χ3n) is 4.53. The summed E-state index contributed by atoms with van der Waals surface area (Å²) in [5.74, 6) is 0. The zero-order valence-electron chi connectivity index (χ0n) is 15.5. The van der Waals surface area contributed by atoms with Crippen LogP contribution in [0.5, 0.6) is 0 Å². The fourth-order valence-electron chi connectivity index (χ4n) is 2.97. The van der Waals surface area contributed by atoms with Crippen molar-refractivity contribution in [2.24, 2.45) is 0 Å². The van der Waals surface area contributed by atoms with Gasteiger partial charge in [-0.25, -0.2) is 0 Å². The van der Waals surface area contributed by atoms with Crippen LogP contribution >= 0.6 is 0 Å². The van der Waals surface area contributed by atoms with E-state index in [0.717, 1.165) is 22.3 Å². The molecule has 0 spiro atoms. The second kappa shape index (κ2) is 7.87. The van der Waals surface area contributed by atoms with Crippen LogP contribution in [0.1, 0.15) is 22.3 Å². The van der Waals surface area contributed by atoms with Gasteiger partial charge < -0.3 is 4.98 Å². The highest BCUT2D eigenvalue weighted by molar-refractivity contribution is 5.53. The Labute approximate surface area is 157 Å². The molecule has 0 unspecified atom stereocenters. The van der Waals surface area contributed by atoms with Crippen molar-refractivity contribution in [2.75, 3.05) is 0 Å². The first kappa shape index (κ1) is 18.4. The fraction of sp³-hybridized carbons (Fsp3) is 0.130. The molecular formula is C23H22N2O2. The lowest BCUT2D eigenvalue weighted by Crippen LogP contribution is -2.53. The highest BCUT2D eigenvalue weighted by Gasteiger charge is 2.05. The van der Waals surface area contributed by atoms with Gasteiger partial charge in [-0.2, -0.15) is 0 Å². The van der Waals surface area contributed by atoms with Gasteiger partial charge in [-0.1, -0.05) is 54.6 Å². The third-order valence-corrected chi connectivity index (χ3v) is 4.53. The standard InChI is InChI=1S/C23H22N2O2/c1-4-13-25-21(15-19-12-8-6-10-17(19)3)22(26)24-20(23(25)27)14-18-11-7-5-9-16(18)2/h4-12,14-15H,1,13H2,2-3H3,(H,24,26)/b20-14-,21-15-. The molecule has 0 aliphatic heterocycles. The van der Waals surface area contributed by atoms with Gasteiger partial charge in [-0.05, 0) is 48.3 Å². The summed E-state index contributed by atoms with van der Waals surface area (Å²) in [6, 6.07) is 15.5. The minimum absolute atomic E-state index is 0.252. The summed E-state index contributed by atoms with van der Waals surface area (Å²) in [6.07, 6.45) is 5.08. The second-order valence-corrected chi connectivity index (χ2v) is 6.46. The van der Waals surface area contributed by atoms with Gasteiger partial charge in [-0.15, -0.1) is 6.58 Å². The largest absolute Gasteiger partial charge is 0.316 e. The predicted molar refractivity (Wildman–Crippen MR) is 110 cm³/mol. The predicted octanol–water partition coefficient (Wildman–Crippen LogP) is 2.00. The van der Waals surface area contributed by atoms with Crippen molar-refractivity contribution >= 4 is 12.2 Å². The monoisotopic (exact) mass is 358 g/mol. The average Bonchev–Trinajstić information content (AvgIpc) is 2.65. The molecule has 1 N–H and O–H groups in total. The number of hydrogen-bond donors (Lipinski definition) is 1. The second-order valence-electron chi connectivity index (χ2n) is 6.46. The van der Waals surface area contributed by atoms with Crippen molar-refractivity contribution in [3.63, 3.8) is 0 Å². The maximum atomic E-state index is 13.0. The molecule has 3 aromatic rings. The number of nitrogens with zero attached hydrogens (tertiary/aromatic N) is 1. The number of nitrogens with one attached hydrogen (secondary N) is 1. The molecular weight excluding hydrogens is 336 g/mol. The van der Waals surface area contributed by atoms with E-state index in [1.807, 2.05) is 62.4 Å². The van der Waals surface area contributed by atoms with Gasteiger partial charge in [0.2, 0.25) is 0 Å². The van der Waals surface area contributed by atoms with Gasteiger partial charge in [-0.3, -0.25) is 14.2 Å². The topological polar surface area (TPSA) is 54.9 Å². The number of rotatable bonds is 4. The Kier molecular flexibility index (Phi) is 5.36. The smallest absolute Gasteiger partial charge is 0.275 e. The van der Waals surface area contributed by atoms with Gasteiger partial charge >= 0.3 is 0 Å². The lowest BCUT2D eigenvalue weighted by Gasteiger charge is -2.06. The van der Waals surface area contributed by atoms with E-state index in [2.05, 4.69) is 11.6 Å². The van der Waals surface area contributed by atoms with Crippen LogP contribution < -0.4 is 21.8 Å². The van der Waals surface area contributed by atoms with Gasteiger partial charge in [0, 0.05) is 6.54 Å². The van der Waals surface area contributed by atoms with Crippen molar-refractivity contribution in [1.82, 2.24) is 9.55 Å². The Bertz CT molecular complexity index is 1230. The summed E-state index contributed by atoms with van der Waals surface area (Å²) in [5.41, 5.74) is 3.30. The van der Waals surface area contributed by atoms with Crippen LogP contribution in [0, 0.1) is 13.8 Å². The van der Waals surface area contributed by atoms with Crippen LogP contribution in [0.15, 0.2) is 70.8 Å². The van der Waals surface area contributed by atoms with Gasteiger partial charge in [0.05, 0.1) is 0 Å². The summed E-state index contributed by atoms with van der Waals surface area (Å²) in [7, 11) is 0. The highest BCUT2D eigenvalue weighted by Crippen LogP contribution is 2.07. The average molecular weight is 358 g/mol. The van der Waals surface area contributed by atoms with E-state index in [1.54, 1.807) is 18.2 Å². The number of H-pyrrole nitrogens is 1. The molecule has 0 radical (unpaired) electrons. The molecule has 4 nitrogen and oxygen atoms in total. The summed E-state index contributed by atoms with van der Waals surface area (Å²) in [5, 5.41) is 0.578. The van der Waals surface area contributed by atoms with Crippen molar-refractivity contribution < 1.29 is 0 Å². The molecule has 0 saturated heterocycles. The minimum atomic E-state index is -0.306. The molecule has 0 fully saturated rings. The first-order valence-corrected chi connectivity index (χ1v) is 8.80. The number of benzene rings is 2. The molecule has 1 aromatic heterocycles. The number of aromatic amines is 1. The Balaban J connectivity index is 2.33. The third kappa shape index (κ3) is 3.90. The van der Waals surface area contributed by atoms with Crippen LogP contribution in [0.25, 0.3) is 12.2 Å². The fourth-order valence-corrected chi connectivity index (χ4v) is 2.97. The molecule has 0 amide bonds. The number of allylic oxidation sites excluding steroid dienone is 1. The summed E-state index contributed by atoms with van der Waals surface area (Å²) < 4.78 is 1.46. The van der Waals surface area contributed by atoms with E-state index in [1.165, 1.54) is 4.57 Å². The summed E-state index contributed by atoms with van der Waals surface area (Å²) in [6.45, 7) is 7.92. The zero-order chi connectivity index (χ0) is 19.4. The van der Waals surface area contributed by atoms with Crippen molar-refractivity contribution in [3.8, 4) is 0 Å². The molecule has 4 heteroatoms. The molecule has 1 heterocycles. The minimum Gasteiger partial charge on any atom is -0.316 e. The Morgan fingerprint density at radius 3 is 2.04 bits per heavy atom. The van der Waals surface area contributed by atoms with Crippen molar-refractivity contribution in [1.29, 1.82) is 0 Å². The van der Waals surface area contributed by atoms with Gasteiger partial charge in [0.15, 0.2) is 0 Å². The normalized spacial score (nSPS) is 12.4. The molecule has 0 aliphatic carbocycles. The van der Waals surface area contributed by atoms with E-state index >= 15 is 0 Å². The molecule has 0 aliphatic rings. The van der Waals surface area contributed by atoms with Crippen LogP contribution in [0.4, 0.5) is 0 Å². The quantitative estimate of drug-likeness (QED) is 0.725. The number of aromatic nitrogens is 2. The number of aryl methyl sites for hydroxylation is 2. The Hall–Kier alpha value is -3.40. The number of hydrogen-bond acceptors (Lipinski definition) is 2. The first-order chi connectivity index (χ1) is 13.0. The SMILES string of the molecule is C=CCn1c(=O)/c(=C/c2ccccc2C)[nH]c(=O)/c1=C/c1ccccc1C. The maximum absolute atomic E-state index is 13.0. The lowest BCUT2D eigenvalue weighted by molar-refractivity contribution is 0.717. The van der Waals surface area contributed by atoms with Crippen LogP contribution in [0.2, 0.25) is 0 Å². The van der Waals surface area contributed by atoms with Crippen molar-refractivity contribution in [3.05, 3.63) is 115 Å².